The van der Waals surface area contributed by atoms with Gasteiger partial charge in [0.05, 0.1) is 17.3 Å². The summed E-state index contributed by atoms with van der Waals surface area (Å²) in [6.45, 7) is 4.64. The van der Waals surface area contributed by atoms with Gasteiger partial charge in [0, 0.05) is 19.6 Å². The van der Waals surface area contributed by atoms with Crippen LogP contribution in [0, 0.1) is 5.92 Å². The highest BCUT2D eigenvalue weighted by atomic mass is 32.2. The maximum atomic E-state index is 12.6. The quantitative estimate of drug-likeness (QED) is 0.716. The van der Waals surface area contributed by atoms with Gasteiger partial charge in [0.2, 0.25) is 11.0 Å². The Morgan fingerprint density at radius 1 is 1.48 bits per heavy atom. The van der Waals surface area contributed by atoms with Gasteiger partial charge in [-0.1, -0.05) is 36.9 Å². The Bertz CT molecular complexity index is 645. The number of carbonyl (C=O) groups excluding carboxylic acids is 1. The lowest BCUT2D eigenvalue weighted by molar-refractivity contribution is -0.130. The van der Waals surface area contributed by atoms with Crippen molar-refractivity contribution in [2.45, 2.75) is 30.6 Å². The van der Waals surface area contributed by atoms with Crippen molar-refractivity contribution >= 4 is 44.0 Å². The van der Waals surface area contributed by atoms with Gasteiger partial charge in [0.25, 0.3) is 0 Å². The molecule has 2 rings (SSSR count). The molecule has 0 aromatic carbocycles. The molecule has 1 aliphatic rings. The van der Waals surface area contributed by atoms with E-state index in [1.807, 2.05) is 13.8 Å². The average Bonchev–Trinajstić information content (AvgIpc) is 3.08. The zero-order valence-corrected chi connectivity index (χ0v) is 15.9. The molecule has 0 radical (unpaired) electrons. The molecular weight excluding hydrogens is 356 g/mol. The van der Waals surface area contributed by atoms with E-state index >= 15 is 0 Å². The Balaban J connectivity index is 1.99. The zero-order valence-electron chi connectivity index (χ0n) is 13.5. The van der Waals surface area contributed by atoms with Crippen LogP contribution in [-0.2, 0) is 14.6 Å². The molecule has 7 nitrogen and oxygen atoms in total. The fourth-order valence-corrected chi connectivity index (χ4v) is 5.77. The van der Waals surface area contributed by atoms with Crippen LogP contribution >= 0.6 is 23.1 Å². The molecule has 1 saturated heterocycles. The highest BCUT2D eigenvalue weighted by Gasteiger charge is 2.34. The molecule has 10 heteroatoms. The highest BCUT2D eigenvalue weighted by Crippen LogP contribution is 2.26. The van der Waals surface area contributed by atoms with E-state index in [0.717, 1.165) is 4.34 Å². The summed E-state index contributed by atoms with van der Waals surface area (Å²) >= 11 is 2.74. The molecule has 0 unspecified atom stereocenters. The van der Waals surface area contributed by atoms with E-state index in [1.165, 1.54) is 23.1 Å². The molecule has 23 heavy (non-hydrogen) atoms. The second-order valence-corrected chi connectivity index (χ2v) is 10.3. The largest absolute Gasteiger partial charge is 0.363 e. The highest BCUT2D eigenvalue weighted by molar-refractivity contribution is 8.01. The van der Waals surface area contributed by atoms with E-state index in [0.29, 0.717) is 24.0 Å². The third-order valence-corrected chi connectivity index (χ3v) is 7.28. The van der Waals surface area contributed by atoms with Crippen LogP contribution < -0.4 is 5.32 Å². The Morgan fingerprint density at radius 2 is 2.22 bits per heavy atom. The molecule has 0 saturated carbocycles. The molecule has 0 spiro atoms. The Labute approximate surface area is 145 Å². The van der Waals surface area contributed by atoms with Gasteiger partial charge in [-0.15, -0.1) is 10.2 Å². The second-order valence-electron chi connectivity index (χ2n) is 5.91. The Morgan fingerprint density at radius 3 is 2.74 bits per heavy atom. The van der Waals surface area contributed by atoms with Gasteiger partial charge in [-0.3, -0.25) is 4.79 Å². The summed E-state index contributed by atoms with van der Waals surface area (Å²) in [6.07, 6.45) is 0.536. The SMILES string of the molecule is CNc1nnc(SCC(=O)N(CC(C)C)[C@@H]2CCS(=O)(=O)C2)s1. The van der Waals surface area contributed by atoms with E-state index in [2.05, 4.69) is 15.5 Å². The van der Waals surface area contributed by atoms with Crippen LogP contribution in [0.5, 0.6) is 0 Å². The van der Waals surface area contributed by atoms with Crippen LogP contribution in [0.3, 0.4) is 0 Å². The van der Waals surface area contributed by atoms with Crippen LogP contribution in [0.2, 0.25) is 0 Å². The Kier molecular flexibility index (Phi) is 6.26. The first-order valence-electron chi connectivity index (χ1n) is 7.44. The van der Waals surface area contributed by atoms with Crippen molar-refractivity contribution in [3.8, 4) is 0 Å². The van der Waals surface area contributed by atoms with Crippen molar-refractivity contribution in [1.29, 1.82) is 0 Å². The first-order chi connectivity index (χ1) is 10.8. The molecule has 1 aliphatic heterocycles. The molecule has 1 aromatic rings. The van der Waals surface area contributed by atoms with Crippen molar-refractivity contribution < 1.29 is 13.2 Å². The van der Waals surface area contributed by atoms with E-state index < -0.39 is 9.84 Å². The summed E-state index contributed by atoms with van der Waals surface area (Å²) in [5.74, 6) is 0.770. The van der Waals surface area contributed by atoms with Gasteiger partial charge >= 0.3 is 0 Å². The predicted molar refractivity (Wildman–Crippen MR) is 93.8 cm³/mol. The first kappa shape index (κ1) is 18.5. The van der Waals surface area contributed by atoms with Crippen molar-refractivity contribution in [2.24, 2.45) is 5.92 Å². The molecule has 0 bridgehead atoms. The van der Waals surface area contributed by atoms with Crippen molar-refractivity contribution in [1.82, 2.24) is 15.1 Å². The smallest absolute Gasteiger partial charge is 0.233 e. The van der Waals surface area contributed by atoms with Crippen LogP contribution in [0.4, 0.5) is 5.13 Å². The minimum absolute atomic E-state index is 0.0352. The molecule has 1 atom stereocenters. The van der Waals surface area contributed by atoms with Crippen molar-refractivity contribution in [3.05, 3.63) is 0 Å². The summed E-state index contributed by atoms with van der Waals surface area (Å²) in [6, 6.07) is -0.196. The molecule has 1 N–H and O–H groups in total. The number of nitrogens with one attached hydrogen (secondary N) is 1. The van der Waals surface area contributed by atoms with Gasteiger partial charge in [-0.05, 0) is 12.3 Å². The number of thioether (sulfide) groups is 1. The zero-order chi connectivity index (χ0) is 17.0. The maximum Gasteiger partial charge on any atom is 0.233 e. The van der Waals surface area contributed by atoms with Gasteiger partial charge < -0.3 is 10.2 Å². The summed E-state index contributed by atoms with van der Waals surface area (Å²) in [7, 11) is -1.24. The van der Waals surface area contributed by atoms with E-state index in [1.54, 1.807) is 11.9 Å². The third-order valence-electron chi connectivity index (χ3n) is 3.47. The fraction of sp³-hybridized carbons (Fsp3) is 0.769. The summed E-state index contributed by atoms with van der Waals surface area (Å²) in [5.41, 5.74) is 0. The van der Waals surface area contributed by atoms with E-state index in [4.69, 9.17) is 0 Å². The third kappa shape index (κ3) is 5.32. The van der Waals surface area contributed by atoms with Gasteiger partial charge in [-0.2, -0.15) is 0 Å². The number of nitrogens with zero attached hydrogens (tertiary/aromatic N) is 3. The molecule has 0 aliphatic carbocycles. The molecule has 1 fully saturated rings. The van der Waals surface area contributed by atoms with Gasteiger partial charge in [0.15, 0.2) is 14.2 Å². The number of amides is 1. The summed E-state index contributed by atoms with van der Waals surface area (Å²) in [5, 5.41) is 11.6. The number of hydrogen-bond acceptors (Lipinski definition) is 8. The van der Waals surface area contributed by atoms with Crippen LogP contribution in [0.1, 0.15) is 20.3 Å². The molecule has 1 aromatic heterocycles. The normalized spacial score (nSPS) is 19.9. The lowest BCUT2D eigenvalue weighted by Crippen LogP contribution is -2.44. The number of anilines is 1. The number of sulfone groups is 1. The number of rotatable bonds is 7. The monoisotopic (exact) mass is 378 g/mol. The molecule has 130 valence electrons. The number of hydrogen-bond donors (Lipinski definition) is 1. The maximum absolute atomic E-state index is 12.6. The van der Waals surface area contributed by atoms with E-state index in [9.17, 15) is 13.2 Å². The predicted octanol–water partition coefficient (Wildman–Crippen LogP) is 1.34. The lowest BCUT2D eigenvalue weighted by atomic mass is 10.1. The Hall–Kier alpha value is -0.870. The minimum Gasteiger partial charge on any atom is -0.363 e. The van der Waals surface area contributed by atoms with Crippen molar-refractivity contribution in [2.75, 3.05) is 36.2 Å². The fourth-order valence-electron chi connectivity index (χ4n) is 2.44. The van der Waals surface area contributed by atoms with Crippen LogP contribution in [0.25, 0.3) is 0 Å². The number of carbonyl (C=O) groups is 1. The van der Waals surface area contributed by atoms with Gasteiger partial charge in [-0.25, -0.2) is 8.42 Å². The standard InChI is InChI=1S/C13H22N4O3S3/c1-9(2)6-17(10-4-5-23(19,20)8-10)11(18)7-21-13-16-15-12(14-3)22-13/h9-10H,4-8H2,1-3H3,(H,14,15)/t10-/m1/s1. The average molecular weight is 379 g/mol. The summed E-state index contributed by atoms with van der Waals surface area (Å²) < 4.78 is 24.1. The molecule has 2 heterocycles. The van der Waals surface area contributed by atoms with Gasteiger partial charge in [0.1, 0.15) is 0 Å². The minimum atomic E-state index is -3.01. The second kappa shape index (κ2) is 7.80. The van der Waals surface area contributed by atoms with E-state index in [-0.39, 0.29) is 29.2 Å². The van der Waals surface area contributed by atoms with Crippen LogP contribution in [-0.4, -0.2) is 66.3 Å². The number of aromatic nitrogens is 2. The van der Waals surface area contributed by atoms with Crippen molar-refractivity contribution in [3.63, 3.8) is 0 Å². The first-order valence-corrected chi connectivity index (χ1v) is 11.1. The topological polar surface area (TPSA) is 92.3 Å². The molecule has 1 amide bonds. The summed E-state index contributed by atoms with van der Waals surface area (Å²) in [4.78, 5) is 14.3. The lowest BCUT2D eigenvalue weighted by Gasteiger charge is -2.29. The van der Waals surface area contributed by atoms with Crippen LogP contribution in [0.15, 0.2) is 4.34 Å². The molecular formula is C13H22N4O3S3.